The lowest BCUT2D eigenvalue weighted by Gasteiger charge is -2.31. The van der Waals surface area contributed by atoms with Crippen molar-refractivity contribution < 1.29 is 58.2 Å². The van der Waals surface area contributed by atoms with Gasteiger partial charge in [0.15, 0.2) is 0 Å². The van der Waals surface area contributed by atoms with Crippen LogP contribution in [0.15, 0.2) is 115 Å². The van der Waals surface area contributed by atoms with Crippen LogP contribution >= 0.6 is 21.6 Å². The Balaban J connectivity index is 1.15. The lowest BCUT2D eigenvalue weighted by atomic mass is 10.0. The molecule has 14 N–H and O–H groups in total. The van der Waals surface area contributed by atoms with Crippen LogP contribution in [0.3, 0.4) is 0 Å². The SMILES string of the molecule is C[C@@H]1NC(=O)[C@H](Cc2ccccc2)NC(=O)[C@H](CCC(N)=O)NC(=O)[C@H](NC(=O)[C@@H]2CCCN2C(=O)[C@H](Cc2ccccc2)NC(=O)[C@@H](N)Cc2ccc(O)cc2)CCSSC[C@@H](C(=O)O)NC(=O)[C@H](Cc2c[nH]c3ccccc23)NC1=O. The maximum atomic E-state index is 14.7. The first kappa shape index (κ1) is 62.2. The van der Waals surface area contributed by atoms with Gasteiger partial charge in [-0.05, 0) is 79.5 Å². The van der Waals surface area contributed by atoms with Gasteiger partial charge in [-0.1, -0.05) is 113 Å². The smallest absolute Gasteiger partial charge is 0.327 e. The zero-order valence-corrected chi connectivity index (χ0v) is 47.2. The fourth-order valence-electron chi connectivity index (χ4n) is 9.70. The van der Waals surface area contributed by atoms with E-state index >= 15 is 0 Å². The molecule has 0 bridgehead atoms. The van der Waals surface area contributed by atoms with Gasteiger partial charge in [-0.3, -0.25) is 43.2 Å². The molecule has 1 aromatic heterocycles. The minimum atomic E-state index is -1.52. The maximum Gasteiger partial charge on any atom is 0.327 e. The number of benzene rings is 4. The largest absolute Gasteiger partial charge is 0.508 e. The average molecular weight is 1180 g/mol. The molecule has 0 aliphatic carbocycles. The van der Waals surface area contributed by atoms with Gasteiger partial charge in [0.1, 0.15) is 54.1 Å². The second kappa shape index (κ2) is 30.0. The summed E-state index contributed by atoms with van der Waals surface area (Å²) in [6, 6.07) is 19.0. The minimum Gasteiger partial charge on any atom is -0.508 e. The van der Waals surface area contributed by atoms with Crippen molar-refractivity contribution in [3.05, 3.63) is 138 Å². The number of aromatic nitrogens is 1. The molecule has 0 saturated carbocycles. The van der Waals surface area contributed by atoms with Crippen LogP contribution in [0.5, 0.6) is 5.75 Å². The van der Waals surface area contributed by atoms with Gasteiger partial charge in [0, 0.05) is 60.8 Å². The van der Waals surface area contributed by atoms with Crippen molar-refractivity contribution in [2.75, 3.05) is 18.1 Å². The third-order valence-electron chi connectivity index (χ3n) is 14.2. The van der Waals surface area contributed by atoms with Crippen molar-refractivity contribution in [3.63, 3.8) is 0 Å². The van der Waals surface area contributed by atoms with Gasteiger partial charge in [0.2, 0.25) is 53.2 Å². The van der Waals surface area contributed by atoms with Crippen LogP contribution < -0.4 is 48.7 Å². The topological polar surface area (TPSA) is 366 Å². The molecule has 2 saturated heterocycles. The molecule has 9 atom stereocenters. The summed E-state index contributed by atoms with van der Waals surface area (Å²) >= 11 is 0. The van der Waals surface area contributed by atoms with Crippen LogP contribution in [-0.4, -0.2) is 152 Å². The zero-order chi connectivity index (χ0) is 59.6. The number of carboxylic acids is 1. The number of fused-ring (bicyclic) bond motifs is 1. The van der Waals surface area contributed by atoms with E-state index in [4.69, 9.17) is 11.5 Å². The number of carbonyl (C=O) groups is 10. The fraction of sp³-hybridized carbons (Fsp3) is 0.379. The molecular formula is C58H69N11O12S2. The summed E-state index contributed by atoms with van der Waals surface area (Å²) in [4.78, 5) is 144. The van der Waals surface area contributed by atoms with Crippen LogP contribution in [0.2, 0.25) is 0 Å². The number of hydrogen-bond acceptors (Lipinski definition) is 14. The van der Waals surface area contributed by atoms with E-state index in [2.05, 4.69) is 42.2 Å². The van der Waals surface area contributed by atoms with Crippen molar-refractivity contribution in [1.29, 1.82) is 0 Å². The molecule has 2 aliphatic heterocycles. The second-order valence-electron chi connectivity index (χ2n) is 20.4. The number of amides is 9. The van der Waals surface area contributed by atoms with Gasteiger partial charge < -0.3 is 68.8 Å². The molecule has 23 nitrogen and oxygen atoms in total. The Bertz CT molecular complexity index is 3120. The zero-order valence-electron chi connectivity index (χ0n) is 45.5. The maximum absolute atomic E-state index is 14.7. The Kier molecular flexibility index (Phi) is 22.5. The Labute approximate surface area is 486 Å². The summed E-state index contributed by atoms with van der Waals surface area (Å²) in [5, 5.41) is 39.6. The number of nitrogens with two attached hydrogens (primary N) is 2. The van der Waals surface area contributed by atoms with E-state index in [9.17, 15) is 58.2 Å². The molecule has 2 aliphatic rings. The number of nitrogens with zero attached hydrogens (tertiary/aromatic N) is 1. The number of aromatic hydroxyl groups is 1. The molecule has 440 valence electrons. The lowest BCUT2D eigenvalue weighted by Crippen LogP contribution is -2.60. The van der Waals surface area contributed by atoms with E-state index in [0.29, 0.717) is 28.7 Å². The number of likely N-dealkylation sites (tertiary alicyclic amines) is 1. The van der Waals surface area contributed by atoms with Gasteiger partial charge in [-0.15, -0.1) is 0 Å². The highest BCUT2D eigenvalue weighted by Crippen LogP contribution is 2.26. The highest BCUT2D eigenvalue weighted by molar-refractivity contribution is 8.76. The van der Waals surface area contributed by atoms with Crippen molar-refractivity contribution >= 4 is 91.6 Å². The van der Waals surface area contributed by atoms with E-state index in [0.717, 1.165) is 32.5 Å². The first-order chi connectivity index (χ1) is 39.8. The molecule has 5 aromatic rings. The summed E-state index contributed by atoms with van der Waals surface area (Å²) < 4.78 is 0. The number of para-hydroxylation sites is 1. The highest BCUT2D eigenvalue weighted by atomic mass is 33.1. The minimum absolute atomic E-state index is 0.0355. The predicted octanol–water partition coefficient (Wildman–Crippen LogP) is 1.01. The van der Waals surface area contributed by atoms with E-state index < -0.39 is 120 Å². The fourth-order valence-corrected chi connectivity index (χ4v) is 11.9. The molecule has 9 amide bonds. The predicted molar refractivity (Wildman–Crippen MR) is 312 cm³/mol. The molecule has 7 rings (SSSR count). The number of primary amides is 1. The molecule has 0 unspecified atom stereocenters. The van der Waals surface area contributed by atoms with Gasteiger partial charge >= 0.3 is 5.97 Å². The number of H-pyrrole nitrogens is 1. The number of aliphatic carboxylic acids is 1. The molecular weight excluding hydrogens is 1110 g/mol. The summed E-state index contributed by atoms with van der Waals surface area (Å²) in [6.45, 7) is 1.48. The van der Waals surface area contributed by atoms with Gasteiger partial charge in [-0.2, -0.15) is 0 Å². The Morgan fingerprint density at radius 1 is 0.699 bits per heavy atom. The van der Waals surface area contributed by atoms with Crippen LogP contribution in [0.4, 0.5) is 0 Å². The molecule has 0 radical (unpaired) electrons. The van der Waals surface area contributed by atoms with Crippen LogP contribution in [-0.2, 0) is 73.6 Å². The lowest BCUT2D eigenvalue weighted by molar-refractivity contribution is -0.142. The molecule has 3 heterocycles. The van der Waals surface area contributed by atoms with Crippen molar-refractivity contribution in [2.24, 2.45) is 11.5 Å². The summed E-state index contributed by atoms with van der Waals surface area (Å²) in [6.07, 6.45) is 1.28. The third-order valence-corrected chi connectivity index (χ3v) is 16.7. The van der Waals surface area contributed by atoms with Gasteiger partial charge in [0.25, 0.3) is 0 Å². The molecule has 25 heteroatoms. The number of phenolic OH excluding ortho intramolecular Hbond substituents is 1. The number of phenols is 1. The van der Waals surface area contributed by atoms with E-state index in [1.54, 1.807) is 85.1 Å². The normalized spacial score (nSPS) is 22.3. The summed E-state index contributed by atoms with van der Waals surface area (Å²) in [5.41, 5.74) is 15.2. The number of hydrogen-bond donors (Lipinski definition) is 12. The molecule has 4 aromatic carbocycles. The third kappa shape index (κ3) is 18.0. The van der Waals surface area contributed by atoms with Crippen LogP contribution in [0, 0.1) is 0 Å². The van der Waals surface area contributed by atoms with Crippen LogP contribution in [0.25, 0.3) is 10.9 Å². The molecule has 2 fully saturated rings. The summed E-state index contributed by atoms with van der Waals surface area (Å²) in [5.74, 6) is -8.52. The quantitative estimate of drug-likeness (QED) is 0.0578. The Hall–Kier alpha value is -8.42. The Morgan fingerprint density at radius 2 is 1.31 bits per heavy atom. The van der Waals surface area contributed by atoms with Gasteiger partial charge in [-0.25, -0.2) is 4.79 Å². The van der Waals surface area contributed by atoms with Crippen molar-refractivity contribution in [3.8, 4) is 5.75 Å². The molecule has 83 heavy (non-hydrogen) atoms. The number of carboxylic acid groups (broad SMARTS) is 1. The van der Waals surface area contributed by atoms with Gasteiger partial charge in [0.05, 0.1) is 6.04 Å². The van der Waals surface area contributed by atoms with E-state index in [-0.39, 0.29) is 68.7 Å². The van der Waals surface area contributed by atoms with Crippen LogP contribution in [0.1, 0.15) is 61.3 Å². The molecule has 0 spiro atoms. The first-order valence-electron chi connectivity index (χ1n) is 27.2. The number of rotatable bonds is 17. The van der Waals surface area contributed by atoms with E-state index in [1.807, 2.05) is 18.2 Å². The monoisotopic (exact) mass is 1180 g/mol. The first-order valence-corrected chi connectivity index (χ1v) is 29.7. The summed E-state index contributed by atoms with van der Waals surface area (Å²) in [7, 11) is 2.16. The Morgan fingerprint density at radius 3 is 2.01 bits per heavy atom. The number of carbonyl (C=O) groups excluding carboxylic acids is 9. The van der Waals surface area contributed by atoms with E-state index in [1.165, 1.54) is 24.0 Å². The average Bonchev–Trinajstić information content (AvgIpc) is 4.26. The number of aromatic amines is 1. The van der Waals surface area contributed by atoms with Crippen molar-refractivity contribution in [2.45, 2.75) is 119 Å². The van der Waals surface area contributed by atoms with Crippen molar-refractivity contribution in [1.82, 2.24) is 47.1 Å². The number of nitrogens with one attached hydrogen (secondary N) is 8. The highest BCUT2D eigenvalue weighted by Gasteiger charge is 2.40. The standard InChI is InChI=1S/C58H69N11O12S2/c1-33-50(72)65-45(30-37-31-61-41-16-9-8-15-39(37)41)55(77)68-47(58(80)81)32-83-82-26-24-43(53(75)63-42(22-23-49(60)71)52(74)66-44(54(76)62-33)28-34-11-4-2-5-12-34)64-56(78)48-17-10-25-69(48)57(79)46(29-35-13-6-3-7-14-35)67-51(73)40(59)27-36-18-20-38(70)21-19-36/h2-9,11-16,18-21,31,33,40,42-48,61,70H,10,17,22-30,32,59H2,1H3,(H2,60,71)(H,62,76)(H,63,75)(H,64,78)(H,65,72)(H,66,74)(H,67,73)(H,68,77)(H,80,81)/t33-,40-,42-,43+,44-,45-,46-,47-,48-/m0/s1. The second-order valence-corrected chi connectivity index (χ2v) is 23.1.